The summed E-state index contributed by atoms with van der Waals surface area (Å²) in [5, 5.41) is 5.15. The van der Waals surface area contributed by atoms with Gasteiger partial charge in [-0.2, -0.15) is 0 Å². The van der Waals surface area contributed by atoms with Crippen molar-refractivity contribution in [3.8, 4) is 45.0 Å². The number of anilines is 2. The van der Waals surface area contributed by atoms with Gasteiger partial charge in [-0.05, 0) is 45.0 Å². The maximum atomic E-state index is 5.45. The number of pyridine rings is 2. The normalized spacial score (nSPS) is 13.8. The number of benzene rings is 8. The van der Waals surface area contributed by atoms with Crippen molar-refractivity contribution >= 4 is 48.9 Å². The van der Waals surface area contributed by atoms with Gasteiger partial charge in [0.25, 0.3) is 0 Å². The monoisotopic (exact) mass is 852 g/mol. The van der Waals surface area contributed by atoms with E-state index in [0.717, 1.165) is 56.4 Å². The highest BCUT2D eigenvalue weighted by molar-refractivity contribution is 7.38. The SMILES string of the molecule is c1ccc(-c2cc(N3[Si](c4ccccc4)(c4ccccc4)N(c4cc(-c5ccccc5)nc(-c5ccccc5)c4)[Si]3(c3ccccc3)c3ccccc3)cc(-c3ccccc3)n2)cc1. The van der Waals surface area contributed by atoms with Crippen LogP contribution >= 0.6 is 0 Å². The topological polar surface area (TPSA) is 32.3 Å². The van der Waals surface area contributed by atoms with Crippen LogP contribution in [-0.2, 0) is 0 Å². The Morgan fingerprint density at radius 3 is 0.625 bits per heavy atom. The Morgan fingerprint density at radius 1 is 0.234 bits per heavy atom. The van der Waals surface area contributed by atoms with Crippen molar-refractivity contribution in [1.29, 1.82) is 0 Å². The molecule has 4 nitrogen and oxygen atoms in total. The van der Waals surface area contributed by atoms with Crippen molar-refractivity contribution in [3.63, 3.8) is 0 Å². The van der Waals surface area contributed by atoms with Gasteiger partial charge in [0.1, 0.15) is 0 Å². The van der Waals surface area contributed by atoms with Gasteiger partial charge in [-0.25, -0.2) is 9.97 Å². The van der Waals surface area contributed by atoms with Crippen LogP contribution in [0, 0.1) is 0 Å². The third kappa shape index (κ3) is 6.59. The number of aromatic nitrogens is 2. The van der Waals surface area contributed by atoms with Crippen LogP contribution in [0.15, 0.2) is 267 Å². The van der Waals surface area contributed by atoms with Crippen molar-refractivity contribution in [2.45, 2.75) is 0 Å². The fourth-order valence-corrected chi connectivity index (χ4v) is 24.9. The summed E-state index contributed by atoms with van der Waals surface area (Å²) in [6.45, 7) is 0. The molecule has 0 radical (unpaired) electrons. The maximum absolute atomic E-state index is 5.45. The molecule has 3 heterocycles. The van der Waals surface area contributed by atoms with Gasteiger partial charge < -0.3 is 8.46 Å². The highest BCUT2D eigenvalue weighted by Crippen LogP contribution is 2.48. The largest absolute Gasteiger partial charge is 0.378 e. The third-order valence-electron chi connectivity index (χ3n) is 12.4. The fraction of sp³-hybridized carbons (Fsp3) is 0. The molecule has 1 fully saturated rings. The molecule has 1 aliphatic heterocycles. The quantitative estimate of drug-likeness (QED) is 0.128. The zero-order chi connectivity index (χ0) is 42.8. The summed E-state index contributed by atoms with van der Waals surface area (Å²) in [4.78, 5) is 10.9. The Kier molecular flexibility index (Phi) is 10.2. The van der Waals surface area contributed by atoms with E-state index < -0.39 is 16.8 Å². The van der Waals surface area contributed by atoms with Crippen LogP contribution in [-0.4, -0.2) is 26.8 Å². The third-order valence-corrected chi connectivity index (χ3v) is 24.5. The molecule has 0 N–H and O–H groups in total. The van der Waals surface area contributed by atoms with E-state index in [1.807, 2.05) is 0 Å². The van der Waals surface area contributed by atoms with Gasteiger partial charge in [0.2, 0.25) is 0 Å². The number of hydrogen-bond donors (Lipinski definition) is 0. The van der Waals surface area contributed by atoms with E-state index in [1.165, 1.54) is 20.7 Å². The predicted molar refractivity (Wildman–Crippen MR) is 271 cm³/mol. The number of hydrogen-bond acceptors (Lipinski definition) is 4. The Balaban J connectivity index is 1.33. The van der Waals surface area contributed by atoms with Crippen molar-refractivity contribution < 1.29 is 0 Å². The predicted octanol–water partition coefficient (Wildman–Crippen LogP) is 11.0. The van der Waals surface area contributed by atoms with Crippen molar-refractivity contribution in [3.05, 3.63) is 267 Å². The van der Waals surface area contributed by atoms with Crippen LogP contribution < -0.4 is 29.2 Å². The molecule has 6 heteroatoms. The number of nitrogens with zero attached hydrogens (tertiary/aromatic N) is 4. The second kappa shape index (κ2) is 16.8. The van der Waals surface area contributed by atoms with Crippen molar-refractivity contribution in [2.24, 2.45) is 0 Å². The Hall–Kier alpha value is -7.91. The van der Waals surface area contributed by atoms with Gasteiger partial charge >= 0.3 is 16.8 Å². The lowest BCUT2D eigenvalue weighted by Crippen LogP contribution is -3.07. The van der Waals surface area contributed by atoms with E-state index in [4.69, 9.17) is 9.97 Å². The minimum atomic E-state index is -3.36. The molecule has 1 aliphatic rings. The van der Waals surface area contributed by atoms with Crippen molar-refractivity contribution in [2.75, 3.05) is 8.46 Å². The molecule has 2 aromatic heterocycles. The van der Waals surface area contributed by atoms with E-state index in [2.05, 4.69) is 275 Å². The summed E-state index contributed by atoms with van der Waals surface area (Å²) in [7, 11) is -6.72. The average molecular weight is 853 g/mol. The van der Waals surface area contributed by atoms with Gasteiger partial charge in [-0.1, -0.05) is 243 Å². The molecular formula is C58H44N4Si2. The van der Waals surface area contributed by atoms with Crippen LogP contribution in [0.3, 0.4) is 0 Å². The molecule has 10 aromatic rings. The molecule has 1 saturated heterocycles. The van der Waals surface area contributed by atoms with E-state index in [-0.39, 0.29) is 0 Å². The fourth-order valence-electron chi connectivity index (χ4n) is 9.74. The zero-order valence-electron chi connectivity index (χ0n) is 35.2. The summed E-state index contributed by atoms with van der Waals surface area (Å²) in [5.41, 5.74) is 10.3. The van der Waals surface area contributed by atoms with Crippen molar-refractivity contribution in [1.82, 2.24) is 9.97 Å². The average Bonchev–Trinajstić information content (AvgIpc) is 3.38. The van der Waals surface area contributed by atoms with Gasteiger partial charge in [0, 0.05) is 33.6 Å². The molecule has 64 heavy (non-hydrogen) atoms. The molecule has 304 valence electrons. The standard InChI is InChI=1S/C58H44N4Si2/c1-9-25-45(26-10-1)55-41-49(42-56(59-55)46-27-11-2-12-28-46)61-63(51-33-17-5-18-34-51,52-35-19-6-20-36-52)62(64(61,53-37-21-7-22-38-53)54-39-23-8-24-40-54)50-43-57(47-29-13-3-14-30-47)60-58(44-50)48-31-15-4-16-32-48/h1-44H. The Bertz CT molecular complexity index is 2720. The lowest BCUT2D eigenvalue weighted by molar-refractivity contribution is 1.19. The molecule has 0 unspecified atom stereocenters. The van der Waals surface area contributed by atoms with E-state index in [0.29, 0.717) is 0 Å². The molecule has 0 aliphatic carbocycles. The highest BCUT2D eigenvalue weighted by atomic mass is 28.5. The van der Waals surface area contributed by atoms with E-state index >= 15 is 0 Å². The second-order valence-corrected chi connectivity index (χ2v) is 23.8. The van der Waals surface area contributed by atoms with Gasteiger partial charge in [0.15, 0.2) is 0 Å². The molecule has 0 amide bonds. The summed E-state index contributed by atoms with van der Waals surface area (Å²) in [5.74, 6) is 0. The second-order valence-electron chi connectivity index (χ2n) is 16.1. The Labute approximate surface area is 377 Å². The molecule has 11 rings (SSSR count). The highest BCUT2D eigenvalue weighted by Gasteiger charge is 2.75. The van der Waals surface area contributed by atoms with Gasteiger partial charge in [-0.3, -0.25) is 0 Å². The minimum Gasteiger partial charge on any atom is -0.378 e. The summed E-state index contributed by atoms with van der Waals surface area (Å²) < 4.78 is 5.89. The molecular weight excluding hydrogens is 809 g/mol. The van der Waals surface area contributed by atoms with Crippen LogP contribution in [0.2, 0.25) is 0 Å². The minimum absolute atomic E-state index is 0.935. The first-order chi connectivity index (χ1) is 31.7. The molecule has 0 atom stereocenters. The zero-order valence-corrected chi connectivity index (χ0v) is 37.2. The van der Waals surface area contributed by atoms with Crippen LogP contribution in [0.5, 0.6) is 0 Å². The van der Waals surface area contributed by atoms with Gasteiger partial charge in [-0.15, -0.1) is 0 Å². The lowest BCUT2D eigenvalue weighted by atomic mass is 10.1. The van der Waals surface area contributed by atoms with Crippen LogP contribution in [0.4, 0.5) is 11.4 Å². The van der Waals surface area contributed by atoms with Crippen LogP contribution in [0.1, 0.15) is 0 Å². The van der Waals surface area contributed by atoms with Gasteiger partial charge in [0.05, 0.1) is 22.8 Å². The number of rotatable bonds is 10. The van der Waals surface area contributed by atoms with Crippen LogP contribution in [0.25, 0.3) is 45.0 Å². The van der Waals surface area contributed by atoms with E-state index in [9.17, 15) is 0 Å². The smallest absolute Gasteiger partial charge is 0.318 e. The first-order valence-electron chi connectivity index (χ1n) is 21.8. The summed E-state index contributed by atoms with van der Waals surface area (Å²) >= 11 is 0. The first-order valence-corrected chi connectivity index (χ1v) is 25.6. The first kappa shape index (κ1) is 39.0. The Morgan fingerprint density at radius 2 is 0.422 bits per heavy atom. The maximum Gasteiger partial charge on any atom is 0.318 e. The summed E-state index contributed by atoms with van der Waals surface area (Å²) in [6.07, 6.45) is 0. The lowest BCUT2D eigenvalue weighted by Gasteiger charge is -2.73. The van der Waals surface area contributed by atoms with E-state index in [1.54, 1.807) is 0 Å². The molecule has 8 aromatic carbocycles. The molecule has 0 spiro atoms. The molecule has 0 bridgehead atoms. The summed E-state index contributed by atoms with van der Waals surface area (Å²) in [6, 6.07) is 97.2. The molecule has 0 saturated carbocycles.